The van der Waals surface area contributed by atoms with Gasteiger partial charge in [0, 0.05) is 7.11 Å². The second kappa shape index (κ2) is 12.3. The minimum Gasteiger partial charge on any atom is -0.479 e. The normalized spacial score (nSPS) is 25.7. The van der Waals surface area contributed by atoms with Gasteiger partial charge in [-0.25, -0.2) is 4.79 Å². The van der Waals surface area contributed by atoms with E-state index in [-0.39, 0.29) is 6.10 Å². The molecule has 29 heavy (non-hydrogen) atoms. The lowest BCUT2D eigenvalue weighted by Crippen LogP contribution is -2.48. The van der Waals surface area contributed by atoms with Gasteiger partial charge in [-0.05, 0) is 62.7 Å². The molecule has 0 heterocycles. The predicted molar refractivity (Wildman–Crippen MR) is 117 cm³/mol. The number of aliphatic hydroxyl groups is 2. The number of ether oxygens (including phenoxy) is 1. The fraction of sp³-hybridized carbons (Fsp3) is 0.958. The molecule has 2 unspecified atom stereocenters. The van der Waals surface area contributed by atoms with Crippen molar-refractivity contribution < 1.29 is 24.9 Å². The Bertz CT molecular complexity index is 478. The highest BCUT2D eigenvalue weighted by atomic mass is 16.5. The molecule has 1 saturated carbocycles. The van der Waals surface area contributed by atoms with Crippen LogP contribution in [0.25, 0.3) is 0 Å². The summed E-state index contributed by atoms with van der Waals surface area (Å²) in [5.74, 6) is -0.194. The minimum absolute atomic E-state index is 0.207. The molecule has 0 aromatic carbocycles. The van der Waals surface area contributed by atoms with Crippen molar-refractivity contribution in [2.24, 2.45) is 17.3 Å². The Balaban J connectivity index is 2.39. The summed E-state index contributed by atoms with van der Waals surface area (Å²) >= 11 is 0. The quantitative estimate of drug-likeness (QED) is 0.322. The summed E-state index contributed by atoms with van der Waals surface area (Å²) in [6, 6.07) is 0. The third-order valence-corrected chi connectivity index (χ3v) is 7.32. The van der Waals surface area contributed by atoms with Crippen molar-refractivity contribution in [1.29, 1.82) is 0 Å². The van der Waals surface area contributed by atoms with E-state index in [1.807, 2.05) is 0 Å². The summed E-state index contributed by atoms with van der Waals surface area (Å²) in [4.78, 5) is 11.3. The van der Waals surface area contributed by atoms with Gasteiger partial charge in [0.25, 0.3) is 0 Å². The number of methoxy groups -OCH3 is 1. The van der Waals surface area contributed by atoms with Gasteiger partial charge in [0.1, 0.15) is 0 Å². The van der Waals surface area contributed by atoms with Crippen LogP contribution in [0.1, 0.15) is 105 Å². The maximum Gasteiger partial charge on any atom is 0.338 e. The standard InChI is InChI=1S/C24H46O5/c1-6-7-16-23(2,3)17-10-11-18-14-15-20(25)19(18)12-8-9-13-21(26)24(4,29-5)22(27)28/h18-21,25-26H,6-17H2,1-5H3,(H,27,28)/t18-,19+,20-,21?,24?/m0/s1. The minimum atomic E-state index is -1.56. The molecule has 0 saturated heterocycles. The number of carboxylic acids is 1. The Morgan fingerprint density at radius 3 is 2.31 bits per heavy atom. The van der Waals surface area contributed by atoms with E-state index in [1.165, 1.54) is 52.6 Å². The van der Waals surface area contributed by atoms with Crippen LogP contribution in [0.3, 0.4) is 0 Å². The van der Waals surface area contributed by atoms with E-state index >= 15 is 0 Å². The molecule has 5 atom stereocenters. The summed E-state index contributed by atoms with van der Waals surface area (Å²) in [5, 5.41) is 29.9. The van der Waals surface area contributed by atoms with Gasteiger partial charge in [-0.2, -0.15) is 0 Å². The molecule has 1 fully saturated rings. The van der Waals surface area contributed by atoms with Gasteiger partial charge < -0.3 is 20.1 Å². The molecular formula is C24H46O5. The van der Waals surface area contributed by atoms with E-state index < -0.39 is 17.7 Å². The maximum absolute atomic E-state index is 11.3. The number of unbranched alkanes of at least 4 members (excludes halogenated alkanes) is 2. The second-order valence-corrected chi connectivity index (χ2v) is 10.1. The fourth-order valence-electron chi connectivity index (χ4n) is 4.90. The Morgan fingerprint density at radius 2 is 1.72 bits per heavy atom. The SMILES string of the molecule is CCCCC(C)(C)CCC[C@H]1CC[C@H](O)[C@@H]1CCCCC(O)C(C)(OC)C(=O)O. The Labute approximate surface area is 178 Å². The van der Waals surface area contributed by atoms with E-state index in [2.05, 4.69) is 20.8 Å². The number of aliphatic carboxylic acids is 1. The van der Waals surface area contributed by atoms with Gasteiger partial charge in [0.05, 0.1) is 12.2 Å². The lowest BCUT2D eigenvalue weighted by Gasteiger charge is -2.29. The molecule has 0 radical (unpaired) electrons. The maximum atomic E-state index is 11.3. The highest BCUT2D eigenvalue weighted by Crippen LogP contribution is 2.40. The van der Waals surface area contributed by atoms with E-state index in [0.29, 0.717) is 23.7 Å². The van der Waals surface area contributed by atoms with Crippen LogP contribution in [0.5, 0.6) is 0 Å². The summed E-state index contributed by atoms with van der Waals surface area (Å²) in [5.41, 5.74) is -1.14. The van der Waals surface area contributed by atoms with E-state index in [9.17, 15) is 20.1 Å². The zero-order valence-electron chi connectivity index (χ0n) is 19.5. The molecule has 0 spiro atoms. The topological polar surface area (TPSA) is 87.0 Å². The first kappa shape index (κ1) is 26.4. The molecule has 0 aliphatic heterocycles. The van der Waals surface area contributed by atoms with Crippen LogP contribution in [-0.4, -0.2) is 46.2 Å². The molecule has 172 valence electrons. The molecule has 5 heteroatoms. The molecule has 0 bridgehead atoms. The number of rotatable bonds is 15. The van der Waals surface area contributed by atoms with Crippen LogP contribution >= 0.6 is 0 Å². The lowest BCUT2D eigenvalue weighted by atomic mass is 9.79. The second-order valence-electron chi connectivity index (χ2n) is 10.1. The van der Waals surface area contributed by atoms with Gasteiger partial charge in [-0.3, -0.25) is 0 Å². The molecule has 0 aromatic heterocycles. The highest BCUT2D eigenvalue weighted by Gasteiger charge is 2.41. The van der Waals surface area contributed by atoms with E-state index in [1.54, 1.807) is 0 Å². The van der Waals surface area contributed by atoms with Crippen LogP contribution in [0, 0.1) is 17.3 Å². The smallest absolute Gasteiger partial charge is 0.338 e. The number of carbonyl (C=O) groups is 1. The monoisotopic (exact) mass is 414 g/mol. The number of hydrogen-bond donors (Lipinski definition) is 3. The summed E-state index contributed by atoms with van der Waals surface area (Å²) in [6.45, 7) is 8.41. The zero-order valence-corrected chi connectivity index (χ0v) is 19.5. The molecule has 1 rings (SSSR count). The van der Waals surface area contributed by atoms with Crippen molar-refractivity contribution in [1.82, 2.24) is 0 Å². The van der Waals surface area contributed by atoms with E-state index in [0.717, 1.165) is 32.1 Å². The largest absolute Gasteiger partial charge is 0.479 e. The summed E-state index contributed by atoms with van der Waals surface area (Å²) < 4.78 is 5.03. The Kier molecular flexibility index (Phi) is 11.2. The molecule has 1 aliphatic rings. The molecule has 5 nitrogen and oxygen atoms in total. The lowest BCUT2D eigenvalue weighted by molar-refractivity contribution is -0.174. The van der Waals surface area contributed by atoms with Crippen molar-refractivity contribution in [3.05, 3.63) is 0 Å². The average molecular weight is 415 g/mol. The summed E-state index contributed by atoms with van der Waals surface area (Å²) in [7, 11) is 1.32. The van der Waals surface area contributed by atoms with Gasteiger partial charge in [0.15, 0.2) is 5.60 Å². The van der Waals surface area contributed by atoms with Crippen LogP contribution < -0.4 is 0 Å². The predicted octanol–water partition coefficient (Wildman–Crippen LogP) is 5.17. The first-order valence-corrected chi connectivity index (χ1v) is 11.7. The Hall–Kier alpha value is -0.650. The highest BCUT2D eigenvalue weighted by molar-refractivity contribution is 5.77. The number of hydrogen-bond acceptors (Lipinski definition) is 4. The third-order valence-electron chi connectivity index (χ3n) is 7.32. The third kappa shape index (κ3) is 8.18. The van der Waals surface area contributed by atoms with Crippen LogP contribution in [-0.2, 0) is 9.53 Å². The van der Waals surface area contributed by atoms with Gasteiger partial charge in [0.2, 0.25) is 0 Å². The number of carboxylic acid groups (broad SMARTS) is 1. The van der Waals surface area contributed by atoms with Crippen LogP contribution in [0.4, 0.5) is 0 Å². The van der Waals surface area contributed by atoms with Crippen LogP contribution in [0.15, 0.2) is 0 Å². The molecular weight excluding hydrogens is 368 g/mol. The average Bonchev–Trinajstić information content (AvgIpc) is 3.02. The zero-order chi connectivity index (χ0) is 22.1. The van der Waals surface area contributed by atoms with Crippen molar-refractivity contribution in [3.8, 4) is 0 Å². The molecule has 0 amide bonds. The Morgan fingerprint density at radius 1 is 1.07 bits per heavy atom. The number of aliphatic hydroxyl groups excluding tert-OH is 2. The van der Waals surface area contributed by atoms with Gasteiger partial charge >= 0.3 is 5.97 Å². The van der Waals surface area contributed by atoms with Crippen molar-refractivity contribution in [2.45, 2.75) is 123 Å². The van der Waals surface area contributed by atoms with Crippen molar-refractivity contribution in [3.63, 3.8) is 0 Å². The van der Waals surface area contributed by atoms with Crippen molar-refractivity contribution >= 4 is 5.97 Å². The first-order chi connectivity index (χ1) is 13.6. The van der Waals surface area contributed by atoms with Crippen molar-refractivity contribution in [2.75, 3.05) is 7.11 Å². The van der Waals surface area contributed by atoms with Crippen LogP contribution in [0.2, 0.25) is 0 Å². The molecule has 1 aliphatic carbocycles. The van der Waals surface area contributed by atoms with Gasteiger partial charge in [-0.15, -0.1) is 0 Å². The van der Waals surface area contributed by atoms with E-state index in [4.69, 9.17) is 4.74 Å². The van der Waals surface area contributed by atoms with Gasteiger partial charge in [-0.1, -0.05) is 59.3 Å². The fourth-order valence-corrected chi connectivity index (χ4v) is 4.90. The first-order valence-electron chi connectivity index (χ1n) is 11.7. The summed E-state index contributed by atoms with van der Waals surface area (Å²) in [6.07, 6.45) is 11.3. The molecule has 0 aromatic rings. The molecule has 3 N–H and O–H groups in total.